The number of anilines is 1. The lowest BCUT2D eigenvalue weighted by Gasteiger charge is -2.13. The highest BCUT2D eigenvalue weighted by atomic mass is 19.4. The van der Waals surface area contributed by atoms with Gasteiger partial charge in [0.25, 0.3) is 5.91 Å². The van der Waals surface area contributed by atoms with Gasteiger partial charge in [-0.15, -0.1) is 0 Å². The van der Waals surface area contributed by atoms with Gasteiger partial charge in [0.1, 0.15) is 11.8 Å². The van der Waals surface area contributed by atoms with Crippen molar-refractivity contribution in [2.24, 2.45) is 0 Å². The van der Waals surface area contributed by atoms with E-state index in [1.165, 1.54) is 6.07 Å². The van der Waals surface area contributed by atoms with E-state index < -0.39 is 17.8 Å². The van der Waals surface area contributed by atoms with Gasteiger partial charge in [-0.1, -0.05) is 19.9 Å². The maximum absolute atomic E-state index is 12.9. The summed E-state index contributed by atoms with van der Waals surface area (Å²) in [4.78, 5) is 20.2. The van der Waals surface area contributed by atoms with Gasteiger partial charge < -0.3 is 5.32 Å². The van der Waals surface area contributed by atoms with Gasteiger partial charge in [0.05, 0.1) is 11.3 Å². The van der Waals surface area contributed by atoms with Crippen LogP contribution in [0.2, 0.25) is 0 Å². The van der Waals surface area contributed by atoms with Crippen LogP contribution >= 0.6 is 0 Å². The molecule has 0 radical (unpaired) electrons. The number of hydrogen-bond acceptors (Lipinski definition) is 4. The number of benzene rings is 1. The molecule has 0 spiro atoms. The third-order valence-corrected chi connectivity index (χ3v) is 4.70. The minimum atomic E-state index is -4.64. The van der Waals surface area contributed by atoms with Crippen LogP contribution in [0.3, 0.4) is 0 Å². The molecule has 0 saturated heterocycles. The number of carbonyl (C=O) groups excluding carboxylic acids is 1. The number of aryl methyl sites for hydroxylation is 1. The lowest BCUT2D eigenvalue weighted by Crippen LogP contribution is -2.15. The highest BCUT2D eigenvalue weighted by molar-refractivity contribution is 6.04. The highest BCUT2D eigenvalue weighted by Crippen LogP contribution is 2.30. The second-order valence-electron chi connectivity index (χ2n) is 7.33. The van der Waals surface area contributed by atoms with Crippen LogP contribution in [0.15, 0.2) is 48.8 Å². The maximum Gasteiger partial charge on any atom is 0.433 e. The second-order valence-corrected chi connectivity index (χ2v) is 7.33. The van der Waals surface area contributed by atoms with Gasteiger partial charge in [0.2, 0.25) is 0 Å². The van der Waals surface area contributed by atoms with Gasteiger partial charge in [-0.05, 0) is 54.3 Å². The van der Waals surface area contributed by atoms with E-state index in [-0.39, 0.29) is 11.5 Å². The normalized spacial score (nSPS) is 11.3. The molecule has 8 heteroatoms. The maximum atomic E-state index is 12.9. The van der Waals surface area contributed by atoms with Crippen molar-refractivity contribution in [3.8, 4) is 17.2 Å². The number of halogens is 3. The molecule has 0 aliphatic carbocycles. The molecule has 1 aromatic carbocycles. The van der Waals surface area contributed by atoms with Crippen molar-refractivity contribution in [1.82, 2.24) is 9.97 Å². The van der Waals surface area contributed by atoms with Crippen molar-refractivity contribution in [3.63, 3.8) is 0 Å². The van der Waals surface area contributed by atoms with E-state index in [9.17, 15) is 23.2 Å². The number of nitrogens with one attached hydrogen (secondary N) is 1. The van der Waals surface area contributed by atoms with Crippen molar-refractivity contribution in [2.45, 2.75) is 32.9 Å². The SMILES string of the molecule is Cc1ccc(NC(=O)c2ccnc(C(F)(F)F)c2)cc1-c1cnc(C(C)C)c(C#N)c1. The van der Waals surface area contributed by atoms with Crippen molar-refractivity contribution >= 4 is 11.6 Å². The second kappa shape index (κ2) is 8.56. The van der Waals surface area contributed by atoms with Crippen molar-refractivity contribution in [2.75, 3.05) is 5.32 Å². The highest BCUT2D eigenvalue weighted by Gasteiger charge is 2.33. The van der Waals surface area contributed by atoms with E-state index >= 15 is 0 Å². The van der Waals surface area contributed by atoms with Crippen LogP contribution < -0.4 is 5.32 Å². The smallest absolute Gasteiger partial charge is 0.322 e. The molecule has 0 fully saturated rings. The Kier molecular flexibility index (Phi) is 6.07. The van der Waals surface area contributed by atoms with Gasteiger partial charge in [0.15, 0.2) is 0 Å². The number of aromatic nitrogens is 2. The Morgan fingerprint density at radius 2 is 1.87 bits per heavy atom. The number of nitriles is 1. The number of hydrogen-bond donors (Lipinski definition) is 1. The third-order valence-electron chi connectivity index (χ3n) is 4.70. The molecule has 2 heterocycles. The van der Waals surface area contributed by atoms with E-state index in [0.717, 1.165) is 17.3 Å². The molecule has 0 bridgehead atoms. The summed E-state index contributed by atoms with van der Waals surface area (Å²) < 4.78 is 38.6. The zero-order valence-corrected chi connectivity index (χ0v) is 17.1. The molecule has 3 rings (SSSR count). The molecular formula is C23H19F3N4O. The average molecular weight is 424 g/mol. The van der Waals surface area contributed by atoms with Gasteiger partial charge in [-0.25, -0.2) is 0 Å². The van der Waals surface area contributed by atoms with E-state index in [1.807, 2.05) is 20.8 Å². The molecule has 2 aromatic heterocycles. The molecule has 0 saturated carbocycles. The van der Waals surface area contributed by atoms with Crippen molar-refractivity contribution < 1.29 is 18.0 Å². The number of alkyl halides is 3. The van der Waals surface area contributed by atoms with E-state index in [2.05, 4.69) is 21.4 Å². The number of amides is 1. The minimum Gasteiger partial charge on any atom is -0.322 e. The van der Waals surface area contributed by atoms with Crippen LogP contribution in [0.5, 0.6) is 0 Å². The average Bonchev–Trinajstić information content (AvgIpc) is 2.74. The first-order valence-corrected chi connectivity index (χ1v) is 9.46. The van der Waals surface area contributed by atoms with E-state index in [4.69, 9.17) is 0 Å². The molecule has 5 nitrogen and oxygen atoms in total. The molecule has 1 amide bonds. The number of carbonyl (C=O) groups is 1. The van der Waals surface area contributed by atoms with Crippen molar-refractivity contribution in [1.29, 1.82) is 5.26 Å². The minimum absolute atomic E-state index is 0.0948. The van der Waals surface area contributed by atoms with Gasteiger partial charge in [-0.3, -0.25) is 14.8 Å². The quantitative estimate of drug-likeness (QED) is 0.581. The molecule has 0 aliphatic rings. The molecule has 31 heavy (non-hydrogen) atoms. The van der Waals surface area contributed by atoms with E-state index in [0.29, 0.717) is 28.6 Å². The summed E-state index contributed by atoms with van der Waals surface area (Å²) in [6.45, 7) is 5.78. The first-order chi connectivity index (χ1) is 14.6. The Hall–Kier alpha value is -3.73. The van der Waals surface area contributed by atoms with Gasteiger partial charge >= 0.3 is 6.18 Å². The van der Waals surface area contributed by atoms with Crippen LogP contribution in [-0.2, 0) is 6.18 Å². The lowest BCUT2D eigenvalue weighted by atomic mass is 9.97. The Bertz CT molecular complexity index is 1180. The monoisotopic (exact) mass is 424 g/mol. The van der Waals surface area contributed by atoms with E-state index in [1.54, 1.807) is 30.5 Å². The Morgan fingerprint density at radius 3 is 2.52 bits per heavy atom. The molecule has 3 aromatic rings. The fourth-order valence-corrected chi connectivity index (χ4v) is 3.11. The number of rotatable bonds is 4. The topological polar surface area (TPSA) is 78.7 Å². The predicted octanol–water partition coefficient (Wildman–Crippen LogP) is 5.72. The van der Waals surface area contributed by atoms with Crippen LogP contribution in [0, 0.1) is 18.3 Å². The summed E-state index contributed by atoms with van der Waals surface area (Å²) >= 11 is 0. The zero-order chi connectivity index (χ0) is 22.8. The summed E-state index contributed by atoms with van der Waals surface area (Å²) in [5, 5.41) is 12.1. The van der Waals surface area contributed by atoms with Crippen LogP contribution in [0.1, 0.15) is 52.6 Å². The summed E-state index contributed by atoms with van der Waals surface area (Å²) in [5.41, 5.74) is 2.64. The Labute approximate surface area is 177 Å². The van der Waals surface area contributed by atoms with Crippen LogP contribution in [0.4, 0.5) is 18.9 Å². The zero-order valence-electron chi connectivity index (χ0n) is 17.1. The molecule has 0 unspecified atom stereocenters. The summed E-state index contributed by atoms with van der Waals surface area (Å²) in [6.07, 6.45) is -2.02. The third kappa shape index (κ3) is 4.89. The Balaban J connectivity index is 1.92. The fraction of sp³-hybridized carbons (Fsp3) is 0.217. The van der Waals surface area contributed by atoms with Gasteiger partial charge in [0, 0.05) is 29.2 Å². The van der Waals surface area contributed by atoms with Crippen LogP contribution in [0.25, 0.3) is 11.1 Å². The standard InChI is InChI=1S/C23H19F3N4O/c1-13(2)21-16(11-27)8-17(12-29-21)19-10-18(5-4-14(19)3)30-22(31)15-6-7-28-20(9-15)23(24,25)26/h4-10,12-13H,1-3H3,(H,30,31). The Morgan fingerprint density at radius 1 is 1.13 bits per heavy atom. The first-order valence-electron chi connectivity index (χ1n) is 9.46. The lowest BCUT2D eigenvalue weighted by molar-refractivity contribution is -0.141. The predicted molar refractivity (Wildman–Crippen MR) is 110 cm³/mol. The fourth-order valence-electron chi connectivity index (χ4n) is 3.11. The molecule has 1 N–H and O–H groups in total. The molecular weight excluding hydrogens is 405 g/mol. The molecule has 158 valence electrons. The largest absolute Gasteiger partial charge is 0.433 e. The molecule has 0 aliphatic heterocycles. The first kappa shape index (κ1) is 22.0. The summed E-state index contributed by atoms with van der Waals surface area (Å²) in [7, 11) is 0. The summed E-state index contributed by atoms with van der Waals surface area (Å²) in [6, 6.07) is 11.0. The van der Waals surface area contributed by atoms with Gasteiger partial charge in [-0.2, -0.15) is 18.4 Å². The molecule has 0 atom stereocenters. The number of pyridine rings is 2. The number of nitrogens with zero attached hydrogens (tertiary/aromatic N) is 3. The summed E-state index contributed by atoms with van der Waals surface area (Å²) in [5.74, 6) is -0.592. The van der Waals surface area contributed by atoms with Crippen molar-refractivity contribution in [3.05, 3.63) is 76.9 Å². The van der Waals surface area contributed by atoms with Crippen LogP contribution in [-0.4, -0.2) is 15.9 Å².